The standard InChI is InChI=1S/C15H22N4O4.ClH/c20-12-3-4-13(21)19(12)10-14(22)17-6-8-18(9-7-17)15(23)11-2-1-5-16-11;/h11,16H,1-10H2;1H. The second-order valence-electron chi connectivity index (χ2n) is 6.23. The third-order valence-corrected chi connectivity index (χ3v) is 4.75. The van der Waals surface area contributed by atoms with Crippen LogP contribution in [0.15, 0.2) is 0 Å². The molecule has 3 rings (SSSR count). The number of imide groups is 1. The molecule has 4 amide bonds. The van der Waals surface area contributed by atoms with Crippen LogP contribution in [0.1, 0.15) is 25.7 Å². The van der Waals surface area contributed by atoms with E-state index in [1.165, 1.54) is 0 Å². The van der Waals surface area contributed by atoms with Gasteiger partial charge < -0.3 is 15.1 Å². The summed E-state index contributed by atoms with van der Waals surface area (Å²) >= 11 is 0. The van der Waals surface area contributed by atoms with Crippen LogP contribution in [0.2, 0.25) is 0 Å². The lowest BCUT2D eigenvalue weighted by Gasteiger charge is -2.36. The number of likely N-dealkylation sites (tertiary alicyclic amines) is 1. The summed E-state index contributed by atoms with van der Waals surface area (Å²) in [6.07, 6.45) is 2.29. The first-order valence-corrected chi connectivity index (χ1v) is 8.19. The van der Waals surface area contributed by atoms with Crippen LogP contribution in [-0.4, -0.2) is 83.6 Å². The molecule has 3 aliphatic heterocycles. The molecular weight excluding hydrogens is 336 g/mol. The zero-order valence-corrected chi connectivity index (χ0v) is 14.3. The molecule has 3 heterocycles. The molecule has 9 heteroatoms. The first-order chi connectivity index (χ1) is 11.1. The molecule has 1 unspecified atom stereocenters. The molecule has 0 aliphatic carbocycles. The van der Waals surface area contributed by atoms with Crippen LogP contribution >= 0.6 is 12.4 Å². The number of halogens is 1. The summed E-state index contributed by atoms with van der Waals surface area (Å²) in [4.78, 5) is 52.1. The smallest absolute Gasteiger partial charge is 0.242 e. The zero-order valence-electron chi connectivity index (χ0n) is 13.5. The van der Waals surface area contributed by atoms with Crippen LogP contribution in [0.3, 0.4) is 0 Å². The molecule has 0 saturated carbocycles. The number of rotatable bonds is 3. The Morgan fingerprint density at radius 3 is 2.12 bits per heavy atom. The number of carbonyl (C=O) groups excluding carboxylic acids is 4. The molecule has 3 fully saturated rings. The van der Waals surface area contributed by atoms with E-state index >= 15 is 0 Å². The van der Waals surface area contributed by atoms with E-state index in [0.717, 1.165) is 24.3 Å². The molecular formula is C15H23ClN4O4. The SMILES string of the molecule is Cl.O=C(CN1C(=O)CCC1=O)N1CCN(C(=O)C2CCCN2)CC1. The van der Waals surface area contributed by atoms with E-state index in [1.54, 1.807) is 9.80 Å². The van der Waals surface area contributed by atoms with Gasteiger partial charge >= 0.3 is 0 Å². The van der Waals surface area contributed by atoms with Crippen molar-refractivity contribution in [1.29, 1.82) is 0 Å². The minimum absolute atomic E-state index is 0. The normalized spacial score (nSPS) is 24.3. The molecule has 3 aliphatic rings. The summed E-state index contributed by atoms with van der Waals surface area (Å²) in [6.45, 7) is 2.62. The van der Waals surface area contributed by atoms with Crippen molar-refractivity contribution in [2.24, 2.45) is 0 Å². The monoisotopic (exact) mass is 358 g/mol. The number of nitrogens with one attached hydrogen (secondary N) is 1. The van der Waals surface area contributed by atoms with Gasteiger partial charge in [-0.25, -0.2) is 0 Å². The zero-order chi connectivity index (χ0) is 16.4. The van der Waals surface area contributed by atoms with Crippen LogP contribution in [0.5, 0.6) is 0 Å². The molecule has 1 N–H and O–H groups in total. The van der Waals surface area contributed by atoms with Crippen molar-refractivity contribution in [3.63, 3.8) is 0 Å². The molecule has 0 aromatic carbocycles. The van der Waals surface area contributed by atoms with Crippen LogP contribution in [0, 0.1) is 0 Å². The highest BCUT2D eigenvalue weighted by atomic mass is 35.5. The lowest BCUT2D eigenvalue weighted by atomic mass is 10.2. The fourth-order valence-electron chi connectivity index (χ4n) is 3.33. The Labute approximate surface area is 146 Å². The van der Waals surface area contributed by atoms with E-state index in [0.29, 0.717) is 26.2 Å². The fraction of sp³-hybridized carbons (Fsp3) is 0.733. The Hall–Kier alpha value is -1.67. The van der Waals surface area contributed by atoms with Crippen LogP contribution in [-0.2, 0) is 19.2 Å². The quantitative estimate of drug-likeness (QED) is 0.652. The number of nitrogens with zero attached hydrogens (tertiary/aromatic N) is 3. The summed E-state index contributed by atoms with van der Waals surface area (Å²) in [6, 6.07) is -0.0860. The van der Waals surface area contributed by atoms with Crippen molar-refractivity contribution in [3.8, 4) is 0 Å². The fourth-order valence-corrected chi connectivity index (χ4v) is 3.33. The molecule has 1 atom stereocenters. The number of hydrogen-bond donors (Lipinski definition) is 1. The van der Waals surface area contributed by atoms with Crippen molar-refractivity contribution in [3.05, 3.63) is 0 Å². The van der Waals surface area contributed by atoms with Gasteiger partial charge in [-0.2, -0.15) is 0 Å². The Morgan fingerprint density at radius 2 is 1.58 bits per heavy atom. The van der Waals surface area contributed by atoms with Gasteiger partial charge in [0.05, 0.1) is 6.04 Å². The summed E-state index contributed by atoms with van der Waals surface area (Å²) in [5.74, 6) is -0.659. The Balaban J connectivity index is 0.00000208. The summed E-state index contributed by atoms with van der Waals surface area (Å²) in [7, 11) is 0. The molecule has 0 bridgehead atoms. The van der Waals surface area contributed by atoms with Gasteiger partial charge in [-0.05, 0) is 19.4 Å². The minimum atomic E-state index is -0.274. The highest BCUT2D eigenvalue weighted by Crippen LogP contribution is 2.14. The first-order valence-electron chi connectivity index (χ1n) is 8.19. The average molecular weight is 359 g/mol. The van der Waals surface area contributed by atoms with Gasteiger partial charge in [0.1, 0.15) is 6.54 Å². The van der Waals surface area contributed by atoms with E-state index < -0.39 is 0 Å². The lowest BCUT2D eigenvalue weighted by Crippen LogP contribution is -2.55. The number of hydrogen-bond acceptors (Lipinski definition) is 5. The van der Waals surface area contributed by atoms with E-state index in [9.17, 15) is 19.2 Å². The third kappa shape index (κ3) is 3.87. The Kier molecular flexibility index (Phi) is 6.17. The van der Waals surface area contributed by atoms with E-state index in [2.05, 4.69) is 5.32 Å². The number of amides is 4. The van der Waals surface area contributed by atoms with Crippen LogP contribution in [0.25, 0.3) is 0 Å². The maximum atomic E-state index is 12.3. The predicted octanol–water partition coefficient (Wildman–Crippen LogP) is -1.02. The Bertz CT molecular complexity index is 512. The third-order valence-electron chi connectivity index (χ3n) is 4.75. The average Bonchev–Trinajstić information content (AvgIpc) is 3.20. The van der Waals surface area contributed by atoms with E-state index in [-0.39, 0.29) is 61.5 Å². The van der Waals surface area contributed by atoms with Crippen LogP contribution in [0.4, 0.5) is 0 Å². The van der Waals surface area contributed by atoms with Crippen molar-refractivity contribution in [2.75, 3.05) is 39.3 Å². The molecule has 0 spiro atoms. The van der Waals surface area contributed by atoms with Gasteiger partial charge in [-0.1, -0.05) is 0 Å². The van der Waals surface area contributed by atoms with Crippen molar-refractivity contribution in [1.82, 2.24) is 20.0 Å². The second kappa shape index (κ2) is 7.94. The molecule has 134 valence electrons. The lowest BCUT2D eigenvalue weighted by molar-refractivity contribution is -0.147. The van der Waals surface area contributed by atoms with Gasteiger partial charge in [-0.15, -0.1) is 12.4 Å². The maximum absolute atomic E-state index is 12.3. The molecule has 24 heavy (non-hydrogen) atoms. The highest BCUT2D eigenvalue weighted by Gasteiger charge is 2.34. The van der Waals surface area contributed by atoms with Crippen molar-refractivity contribution >= 4 is 36.0 Å². The summed E-state index contributed by atoms with van der Waals surface area (Å²) < 4.78 is 0. The first kappa shape index (κ1) is 18.7. The minimum Gasteiger partial charge on any atom is -0.338 e. The van der Waals surface area contributed by atoms with E-state index in [1.807, 2.05) is 0 Å². The predicted molar refractivity (Wildman–Crippen MR) is 87.4 cm³/mol. The maximum Gasteiger partial charge on any atom is 0.242 e. The van der Waals surface area contributed by atoms with Crippen molar-refractivity contribution in [2.45, 2.75) is 31.7 Å². The van der Waals surface area contributed by atoms with Crippen molar-refractivity contribution < 1.29 is 19.2 Å². The summed E-state index contributed by atoms with van der Waals surface area (Å²) in [5, 5.41) is 3.19. The van der Waals surface area contributed by atoms with Gasteiger partial charge in [0, 0.05) is 39.0 Å². The largest absolute Gasteiger partial charge is 0.338 e. The Morgan fingerprint density at radius 1 is 1.00 bits per heavy atom. The topological polar surface area (TPSA) is 90.0 Å². The van der Waals surface area contributed by atoms with Gasteiger partial charge in [-0.3, -0.25) is 24.1 Å². The van der Waals surface area contributed by atoms with E-state index in [4.69, 9.17) is 0 Å². The van der Waals surface area contributed by atoms with Gasteiger partial charge in [0.2, 0.25) is 23.6 Å². The number of piperazine rings is 1. The highest BCUT2D eigenvalue weighted by molar-refractivity contribution is 6.04. The van der Waals surface area contributed by atoms with Crippen LogP contribution < -0.4 is 5.32 Å². The van der Waals surface area contributed by atoms with Gasteiger partial charge in [0.25, 0.3) is 0 Å². The molecule has 0 aromatic rings. The molecule has 0 radical (unpaired) electrons. The molecule has 8 nitrogen and oxygen atoms in total. The molecule has 0 aromatic heterocycles. The second-order valence-corrected chi connectivity index (χ2v) is 6.23. The number of carbonyl (C=O) groups is 4. The molecule has 3 saturated heterocycles. The summed E-state index contributed by atoms with van der Waals surface area (Å²) in [5.41, 5.74) is 0. The van der Waals surface area contributed by atoms with Gasteiger partial charge in [0.15, 0.2) is 0 Å².